The highest BCUT2D eigenvalue weighted by Crippen LogP contribution is 2.23. The summed E-state index contributed by atoms with van der Waals surface area (Å²) in [4.78, 5) is 3.22. The maximum absolute atomic E-state index is 3.98. The van der Waals surface area contributed by atoms with E-state index in [0.717, 1.165) is 22.3 Å². The minimum atomic E-state index is 0.699. The molecule has 20 heavy (non-hydrogen) atoms. The van der Waals surface area contributed by atoms with E-state index in [1.165, 1.54) is 0 Å². The fourth-order valence-corrected chi connectivity index (χ4v) is 1.90. The standard InChI is InChI=1S/C17H19N3/c1-4-6-9-14(5-2)19-13(3)20-17-12-18-16-11-8-7-10-15(16)17/h4-12,18-20H,2-3H2,1H3/b6-4-,14-9+. The molecule has 102 valence electrons. The first kappa shape index (κ1) is 13.7. The zero-order valence-electron chi connectivity index (χ0n) is 11.6. The van der Waals surface area contributed by atoms with Crippen LogP contribution in [0.2, 0.25) is 0 Å². The smallest absolute Gasteiger partial charge is 0.100 e. The van der Waals surface area contributed by atoms with Crippen molar-refractivity contribution in [3.05, 3.63) is 79.4 Å². The van der Waals surface area contributed by atoms with E-state index in [2.05, 4.69) is 34.8 Å². The number of fused-ring (bicyclic) bond motifs is 1. The molecule has 2 aromatic rings. The first-order valence-electron chi connectivity index (χ1n) is 6.49. The molecule has 1 aromatic heterocycles. The van der Waals surface area contributed by atoms with Crippen LogP contribution >= 0.6 is 0 Å². The summed E-state index contributed by atoms with van der Waals surface area (Å²) in [5, 5.41) is 7.57. The Bertz CT molecular complexity index is 674. The predicted molar refractivity (Wildman–Crippen MR) is 87.3 cm³/mol. The molecule has 0 amide bonds. The summed E-state index contributed by atoms with van der Waals surface area (Å²) < 4.78 is 0. The number of nitrogens with one attached hydrogen (secondary N) is 3. The van der Waals surface area contributed by atoms with Gasteiger partial charge in [-0.2, -0.15) is 0 Å². The topological polar surface area (TPSA) is 39.8 Å². The summed E-state index contributed by atoms with van der Waals surface area (Å²) in [6, 6.07) is 8.12. The zero-order valence-corrected chi connectivity index (χ0v) is 11.6. The molecular weight excluding hydrogens is 246 g/mol. The molecule has 0 saturated heterocycles. The zero-order chi connectivity index (χ0) is 14.4. The van der Waals surface area contributed by atoms with Gasteiger partial charge < -0.3 is 15.6 Å². The van der Waals surface area contributed by atoms with Gasteiger partial charge in [0.05, 0.1) is 5.69 Å². The van der Waals surface area contributed by atoms with Crippen LogP contribution in [0.25, 0.3) is 10.9 Å². The molecule has 1 aromatic carbocycles. The van der Waals surface area contributed by atoms with Gasteiger partial charge in [0.15, 0.2) is 0 Å². The summed E-state index contributed by atoms with van der Waals surface area (Å²) >= 11 is 0. The Balaban J connectivity index is 2.10. The Morgan fingerprint density at radius 3 is 2.85 bits per heavy atom. The number of hydrogen-bond acceptors (Lipinski definition) is 2. The number of anilines is 1. The van der Waals surface area contributed by atoms with Gasteiger partial charge in [-0.1, -0.05) is 43.5 Å². The fraction of sp³-hybridized carbons (Fsp3) is 0.0588. The van der Waals surface area contributed by atoms with E-state index in [9.17, 15) is 0 Å². The molecule has 0 aliphatic rings. The largest absolute Gasteiger partial charge is 0.359 e. The average Bonchev–Trinajstić information content (AvgIpc) is 2.87. The van der Waals surface area contributed by atoms with Crippen molar-refractivity contribution in [1.82, 2.24) is 10.3 Å². The van der Waals surface area contributed by atoms with Crippen LogP contribution in [0, 0.1) is 0 Å². The van der Waals surface area contributed by atoms with Crippen LogP contribution in [0.1, 0.15) is 6.92 Å². The summed E-state index contributed by atoms with van der Waals surface area (Å²) in [5.74, 6) is 0.699. The molecule has 0 radical (unpaired) electrons. The van der Waals surface area contributed by atoms with Crippen LogP contribution in [0.3, 0.4) is 0 Å². The quantitative estimate of drug-likeness (QED) is 0.682. The van der Waals surface area contributed by atoms with E-state index in [0.29, 0.717) is 5.82 Å². The van der Waals surface area contributed by atoms with Crippen LogP contribution in [0.5, 0.6) is 0 Å². The minimum absolute atomic E-state index is 0.699. The van der Waals surface area contributed by atoms with Crippen molar-refractivity contribution < 1.29 is 0 Å². The van der Waals surface area contributed by atoms with E-state index in [1.807, 2.05) is 49.5 Å². The lowest BCUT2D eigenvalue weighted by atomic mass is 10.2. The van der Waals surface area contributed by atoms with Crippen LogP contribution in [-0.4, -0.2) is 4.98 Å². The van der Waals surface area contributed by atoms with Crippen LogP contribution < -0.4 is 10.6 Å². The second-order valence-electron chi connectivity index (χ2n) is 4.33. The Morgan fingerprint density at radius 1 is 1.30 bits per heavy atom. The van der Waals surface area contributed by atoms with Gasteiger partial charge in [0.2, 0.25) is 0 Å². The molecule has 0 aliphatic carbocycles. The number of H-pyrrole nitrogens is 1. The number of benzene rings is 1. The van der Waals surface area contributed by atoms with Gasteiger partial charge >= 0.3 is 0 Å². The van der Waals surface area contributed by atoms with Gasteiger partial charge in [0.1, 0.15) is 5.82 Å². The van der Waals surface area contributed by atoms with E-state index >= 15 is 0 Å². The lowest BCUT2D eigenvalue weighted by molar-refractivity contribution is 1.02. The Hall–Kier alpha value is -2.68. The maximum Gasteiger partial charge on any atom is 0.100 e. The number of rotatable bonds is 6. The first-order valence-corrected chi connectivity index (χ1v) is 6.49. The van der Waals surface area contributed by atoms with Gasteiger partial charge in [-0.05, 0) is 25.1 Å². The molecule has 3 nitrogen and oxygen atoms in total. The highest BCUT2D eigenvalue weighted by molar-refractivity contribution is 5.92. The molecule has 3 heteroatoms. The van der Waals surface area contributed by atoms with Gasteiger partial charge in [0.25, 0.3) is 0 Å². The second-order valence-corrected chi connectivity index (χ2v) is 4.33. The van der Waals surface area contributed by atoms with Crippen LogP contribution in [0.4, 0.5) is 5.69 Å². The van der Waals surface area contributed by atoms with Gasteiger partial charge in [-0.15, -0.1) is 0 Å². The van der Waals surface area contributed by atoms with Crippen molar-refractivity contribution in [3.63, 3.8) is 0 Å². The average molecular weight is 265 g/mol. The number of hydrogen-bond donors (Lipinski definition) is 3. The van der Waals surface area contributed by atoms with Crippen molar-refractivity contribution in [3.8, 4) is 0 Å². The lowest BCUT2D eigenvalue weighted by Gasteiger charge is -2.11. The molecule has 0 atom stereocenters. The third-order valence-electron chi connectivity index (χ3n) is 2.86. The number of aromatic amines is 1. The number of para-hydroxylation sites is 1. The summed E-state index contributed by atoms with van der Waals surface area (Å²) in [6.45, 7) is 9.73. The Kier molecular flexibility index (Phi) is 4.45. The third-order valence-corrected chi connectivity index (χ3v) is 2.86. The number of allylic oxidation sites excluding steroid dienone is 4. The van der Waals surface area contributed by atoms with Gasteiger partial charge in [0, 0.05) is 22.8 Å². The van der Waals surface area contributed by atoms with Crippen molar-refractivity contribution in [2.24, 2.45) is 0 Å². The molecule has 2 rings (SSSR count). The van der Waals surface area contributed by atoms with E-state index in [1.54, 1.807) is 6.08 Å². The van der Waals surface area contributed by atoms with E-state index < -0.39 is 0 Å². The van der Waals surface area contributed by atoms with Gasteiger partial charge in [-0.25, -0.2) is 0 Å². The Morgan fingerprint density at radius 2 is 2.10 bits per heavy atom. The molecular formula is C17H19N3. The maximum atomic E-state index is 3.98. The van der Waals surface area contributed by atoms with Crippen molar-refractivity contribution >= 4 is 16.6 Å². The summed E-state index contributed by atoms with van der Waals surface area (Å²) in [5.41, 5.74) is 2.98. The molecule has 1 heterocycles. The fourth-order valence-electron chi connectivity index (χ4n) is 1.90. The SMILES string of the molecule is C=C/C(=C\C=C/C)NC(=C)Nc1c[nH]c2ccccc12. The lowest BCUT2D eigenvalue weighted by Crippen LogP contribution is -2.16. The van der Waals surface area contributed by atoms with Crippen molar-refractivity contribution in [2.75, 3.05) is 5.32 Å². The van der Waals surface area contributed by atoms with E-state index in [4.69, 9.17) is 0 Å². The van der Waals surface area contributed by atoms with E-state index in [-0.39, 0.29) is 0 Å². The molecule has 0 fully saturated rings. The summed E-state index contributed by atoms with van der Waals surface area (Å²) in [7, 11) is 0. The summed E-state index contributed by atoms with van der Waals surface area (Å²) in [6.07, 6.45) is 9.53. The second kappa shape index (κ2) is 6.48. The van der Waals surface area contributed by atoms with Crippen molar-refractivity contribution in [1.29, 1.82) is 0 Å². The molecule has 0 unspecified atom stereocenters. The molecule has 0 spiro atoms. The van der Waals surface area contributed by atoms with Crippen LogP contribution in [0.15, 0.2) is 79.4 Å². The molecule has 0 saturated carbocycles. The first-order chi connectivity index (χ1) is 9.74. The normalized spacial score (nSPS) is 11.8. The number of aromatic nitrogens is 1. The van der Waals surface area contributed by atoms with Crippen LogP contribution in [-0.2, 0) is 0 Å². The highest BCUT2D eigenvalue weighted by atomic mass is 15.1. The highest BCUT2D eigenvalue weighted by Gasteiger charge is 2.03. The van der Waals surface area contributed by atoms with Crippen molar-refractivity contribution in [2.45, 2.75) is 6.92 Å². The molecule has 0 aliphatic heterocycles. The minimum Gasteiger partial charge on any atom is -0.359 e. The third kappa shape index (κ3) is 3.20. The monoisotopic (exact) mass is 265 g/mol. The Labute approximate surface area is 119 Å². The molecule has 0 bridgehead atoms. The van der Waals surface area contributed by atoms with Gasteiger partial charge in [-0.3, -0.25) is 0 Å². The predicted octanol–water partition coefficient (Wildman–Crippen LogP) is 4.29. The molecule has 3 N–H and O–H groups in total.